The number of benzene rings is 1. The molecule has 0 aromatic heterocycles. The second-order valence-electron chi connectivity index (χ2n) is 6.66. The Morgan fingerprint density at radius 3 is 2.37 bits per heavy atom. The summed E-state index contributed by atoms with van der Waals surface area (Å²) in [6, 6.07) is 1.27. The highest BCUT2D eigenvalue weighted by Crippen LogP contribution is 2.22. The molecule has 30 heavy (non-hydrogen) atoms. The topological polar surface area (TPSA) is 104 Å². The molecule has 1 atom stereocenters. The van der Waals surface area contributed by atoms with Gasteiger partial charge in [0.25, 0.3) is 0 Å². The third-order valence-electron chi connectivity index (χ3n) is 4.67. The Morgan fingerprint density at radius 1 is 1.17 bits per heavy atom. The average molecular weight is 486 g/mol. The minimum atomic E-state index is -4.27. The van der Waals surface area contributed by atoms with Crippen LogP contribution in [0.15, 0.2) is 23.1 Å². The van der Waals surface area contributed by atoms with Gasteiger partial charge in [-0.15, -0.1) is 0 Å². The zero-order valence-electron chi connectivity index (χ0n) is 16.7. The van der Waals surface area contributed by atoms with Gasteiger partial charge < -0.3 is 4.90 Å². The van der Waals surface area contributed by atoms with Crippen LogP contribution < -0.4 is 4.72 Å². The Kier molecular flexibility index (Phi) is 8.62. The van der Waals surface area contributed by atoms with Crippen molar-refractivity contribution in [1.82, 2.24) is 13.9 Å². The number of halogens is 2. The Morgan fingerprint density at radius 2 is 1.80 bits per heavy atom. The van der Waals surface area contributed by atoms with Crippen molar-refractivity contribution in [3.05, 3.63) is 29.8 Å². The molecule has 1 fully saturated rings. The lowest BCUT2D eigenvalue weighted by Gasteiger charge is -2.35. The lowest BCUT2D eigenvalue weighted by atomic mass is 10.2. The molecule has 13 heteroatoms. The number of hydrogen-bond donors (Lipinski definition) is 1. The van der Waals surface area contributed by atoms with Crippen molar-refractivity contribution in [2.45, 2.75) is 24.3 Å². The number of carbonyl (C=O) groups excluding carboxylic acids is 1. The Balaban J connectivity index is 2.10. The maximum atomic E-state index is 13.9. The third kappa shape index (κ3) is 6.13. The molecule has 1 aliphatic rings. The van der Waals surface area contributed by atoms with E-state index in [1.54, 1.807) is 0 Å². The van der Waals surface area contributed by atoms with Gasteiger partial charge in [-0.05, 0) is 43.6 Å². The summed E-state index contributed by atoms with van der Waals surface area (Å²) < 4.78 is 79.9. The summed E-state index contributed by atoms with van der Waals surface area (Å²) >= 11 is 1.47. The van der Waals surface area contributed by atoms with Gasteiger partial charge in [0.05, 0.1) is 5.75 Å². The SMILES string of the molecule is CCS(=O)(=O)NC(CCSC)C(=O)N1CCN(S(=O)(=O)c2cc(F)ccc2F)CC1. The van der Waals surface area contributed by atoms with E-state index in [2.05, 4.69) is 4.72 Å². The fraction of sp³-hybridized carbons (Fsp3) is 0.588. The lowest BCUT2D eigenvalue weighted by molar-refractivity contribution is -0.134. The van der Waals surface area contributed by atoms with E-state index in [1.807, 2.05) is 6.26 Å². The van der Waals surface area contributed by atoms with E-state index < -0.39 is 48.5 Å². The van der Waals surface area contributed by atoms with Gasteiger partial charge >= 0.3 is 0 Å². The summed E-state index contributed by atoms with van der Waals surface area (Å²) in [6.07, 6.45) is 2.14. The smallest absolute Gasteiger partial charge is 0.246 e. The number of carbonyl (C=O) groups is 1. The number of thioether (sulfide) groups is 1. The van der Waals surface area contributed by atoms with Crippen LogP contribution in [0.25, 0.3) is 0 Å². The first-order valence-electron chi connectivity index (χ1n) is 9.24. The summed E-state index contributed by atoms with van der Waals surface area (Å²) in [5.41, 5.74) is 0. The van der Waals surface area contributed by atoms with E-state index in [-0.39, 0.29) is 31.9 Å². The number of hydrogen-bond acceptors (Lipinski definition) is 6. The average Bonchev–Trinajstić information content (AvgIpc) is 2.72. The van der Waals surface area contributed by atoms with Crippen LogP contribution in [0, 0.1) is 11.6 Å². The van der Waals surface area contributed by atoms with Gasteiger partial charge in [0, 0.05) is 26.2 Å². The summed E-state index contributed by atoms with van der Waals surface area (Å²) in [5.74, 6) is -1.96. The van der Waals surface area contributed by atoms with Crippen LogP contribution in [0.3, 0.4) is 0 Å². The molecule has 8 nitrogen and oxygen atoms in total. The van der Waals surface area contributed by atoms with Crippen molar-refractivity contribution in [2.75, 3.05) is 43.9 Å². The van der Waals surface area contributed by atoms with E-state index in [9.17, 15) is 30.4 Å². The van der Waals surface area contributed by atoms with Gasteiger partial charge in [-0.1, -0.05) is 0 Å². The number of amides is 1. The molecule has 1 unspecified atom stereocenters. The second-order valence-corrected chi connectivity index (χ2v) is 11.6. The summed E-state index contributed by atoms with van der Waals surface area (Å²) in [7, 11) is -7.87. The van der Waals surface area contributed by atoms with Gasteiger partial charge in [-0.3, -0.25) is 4.79 Å². The molecule has 1 N–H and O–H groups in total. The molecule has 0 bridgehead atoms. The molecule has 1 heterocycles. The fourth-order valence-corrected chi connectivity index (χ4v) is 5.74. The van der Waals surface area contributed by atoms with Gasteiger partial charge in [0.1, 0.15) is 22.6 Å². The standard InChI is InChI=1S/C17H25F2N3O5S3/c1-3-29(24,25)20-15(6-11-28-2)17(23)21-7-9-22(10-8-21)30(26,27)16-12-13(18)4-5-14(16)19/h4-5,12,15,20H,3,6-11H2,1-2H3. The molecular weight excluding hydrogens is 460 g/mol. The van der Waals surface area contributed by atoms with E-state index in [4.69, 9.17) is 0 Å². The molecule has 1 aliphatic heterocycles. The number of nitrogens with zero attached hydrogens (tertiary/aromatic N) is 2. The zero-order chi connectivity index (χ0) is 22.5. The molecule has 0 aliphatic carbocycles. The normalized spacial score (nSPS) is 17.1. The predicted molar refractivity (Wildman–Crippen MR) is 111 cm³/mol. The van der Waals surface area contributed by atoms with Crippen LogP contribution in [0.2, 0.25) is 0 Å². The Hall–Kier alpha value is -1.28. The Bertz CT molecular complexity index is 965. The van der Waals surface area contributed by atoms with Crippen LogP contribution in [-0.4, -0.2) is 81.9 Å². The fourth-order valence-electron chi connectivity index (χ4n) is 2.95. The van der Waals surface area contributed by atoms with Crippen LogP contribution in [-0.2, 0) is 24.8 Å². The molecular formula is C17H25F2N3O5S3. The van der Waals surface area contributed by atoms with Gasteiger partial charge in [-0.25, -0.2) is 30.3 Å². The minimum Gasteiger partial charge on any atom is -0.339 e. The van der Waals surface area contributed by atoms with Crippen LogP contribution in [0.5, 0.6) is 0 Å². The highest BCUT2D eigenvalue weighted by atomic mass is 32.2. The van der Waals surface area contributed by atoms with Crippen molar-refractivity contribution in [2.24, 2.45) is 0 Å². The molecule has 1 amide bonds. The van der Waals surface area contributed by atoms with Gasteiger partial charge in [0.15, 0.2) is 0 Å². The first kappa shape index (κ1) is 25.0. The van der Waals surface area contributed by atoms with Crippen LogP contribution in [0.4, 0.5) is 8.78 Å². The lowest BCUT2D eigenvalue weighted by Crippen LogP contribution is -2.56. The minimum absolute atomic E-state index is 0.0125. The molecule has 1 aromatic rings. The van der Waals surface area contributed by atoms with Crippen molar-refractivity contribution >= 4 is 37.7 Å². The Labute approximate surface area is 180 Å². The molecule has 170 valence electrons. The summed E-state index contributed by atoms with van der Waals surface area (Å²) in [5, 5.41) is 0. The number of rotatable bonds is 9. The zero-order valence-corrected chi connectivity index (χ0v) is 19.1. The van der Waals surface area contributed by atoms with Crippen molar-refractivity contribution in [1.29, 1.82) is 0 Å². The van der Waals surface area contributed by atoms with E-state index in [1.165, 1.54) is 23.6 Å². The molecule has 0 spiro atoms. The van der Waals surface area contributed by atoms with E-state index in [0.717, 1.165) is 16.4 Å². The van der Waals surface area contributed by atoms with Crippen LogP contribution >= 0.6 is 11.8 Å². The van der Waals surface area contributed by atoms with E-state index in [0.29, 0.717) is 18.2 Å². The number of sulfonamides is 2. The molecule has 2 rings (SSSR count). The summed E-state index contributed by atoms with van der Waals surface area (Å²) in [6.45, 7) is 1.27. The van der Waals surface area contributed by atoms with Crippen LogP contribution in [0.1, 0.15) is 13.3 Å². The highest BCUT2D eigenvalue weighted by Gasteiger charge is 2.34. The molecule has 1 aromatic carbocycles. The quantitative estimate of drug-likeness (QED) is 0.557. The van der Waals surface area contributed by atoms with E-state index >= 15 is 0 Å². The van der Waals surface area contributed by atoms with Gasteiger partial charge in [-0.2, -0.15) is 16.1 Å². The monoisotopic (exact) mass is 485 g/mol. The first-order valence-corrected chi connectivity index (χ1v) is 13.7. The maximum Gasteiger partial charge on any atom is 0.246 e. The second kappa shape index (κ2) is 10.4. The first-order chi connectivity index (χ1) is 14.0. The van der Waals surface area contributed by atoms with Crippen molar-refractivity contribution in [3.63, 3.8) is 0 Å². The predicted octanol–water partition coefficient (Wildman–Crippen LogP) is 0.859. The molecule has 0 saturated carbocycles. The maximum absolute atomic E-state index is 13.9. The third-order valence-corrected chi connectivity index (χ3v) is 8.63. The number of piperazine rings is 1. The summed E-state index contributed by atoms with van der Waals surface area (Å²) in [4.78, 5) is 13.5. The van der Waals surface area contributed by atoms with Crippen molar-refractivity contribution in [3.8, 4) is 0 Å². The highest BCUT2D eigenvalue weighted by molar-refractivity contribution is 7.98. The molecule has 1 saturated heterocycles. The molecule has 0 radical (unpaired) electrons. The van der Waals surface area contributed by atoms with Crippen molar-refractivity contribution < 1.29 is 30.4 Å². The van der Waals surface area contributed by atoms with Gasteiger partial charge in [0.2, 0.25) is 26.0 Å². The number of nitrogens with one attached hydrogen (secondary N) is 1. The largest absolute Gasteiger partial charge is 0.339 e.